The Kier molecular flexibility index (Phi) is 2.65. The summed E-state index contributed by atoms with van der Waals surface area (Å²) in [6, 6.07) is 5.68. The molecule has 0 saturated heterocycles. The highest BCUT2D eigenvalue weighted by Gasteiger charge is 2.18. The second-order valence-electron chi connectivity index (χ2n) is 4.00. The van der Waals surface area contributed by atoms with Gasteiger partial charge in [0.25, 0.3) is 0 Å². The van der Waals surface area contributed by atoms with Crippen molar-refractivity contribution in [2.45, 2.75) is 6.54 Å². The lowest BCUT2D eigenvalue weighted by atomic mass is 10.2. The molecule has 0 radical (unpaired) electrons. The minimum absolute atomic E-state index is 0.258. The Hall–Kier alpha value is -1.72. The van der Waals surface area contributed by atoms with Crippen LogP contribution in [0, 0.1) is 0 Å². The summed E-state index contributed by atoms with van der Waals surface area (Å²) in [5, 5.41) is 0.438. The molecule has 0 atom stereocenters. The van der Waals surface area contributed by atoms with Crippen molar-refractivity contribution in [3.63, 3.8) is 0 Å². The largest absolute Gasteiger partial charge is 0.454 e. The first-order valence-corrected chi connectivity index (χ1v) is 5.89. The fourth-order valence-corrected chi connectivity index (χ4v) is 2.30. The molecule has 0 fully saturated rings. The Labute approximate surface area is 109 Å². The summed E-state index contributed by atoms with van der Waals surface area (Å²) in [5.74, 6) is 2.23. The summed E-state index contributed by atoms with van der Waals surface area (Å²) in [5.41, 5.74) is 7.37. The van der Waals surface area contributed by atoms with E-state index < -0.39 is 0 Å². The van der Waals surface area contributed by atoms with Crippen molar-refractivity contribution in [3.8, 4) is 22.9 Å². The van der Waals surface area contributed by atoms with E-state index in [-0.39, 0.29) is 6.79 Å². The number of benzene rings is 1. The molecule has 1 aliphatic heterocycles. The van der Waals surface area contributed by atoms with Gasteiger partial charge in [-0.3, -0.25) is 0 Å². The number of nitrogens with two attached hydrogens (primary N) is 1. The quantitative estimate of drug-likeness (QED) is 0.901. The number of ether oxygens (including phenoxy) is 2. The van der Waals surface area contributed by atoms with Crippen LogP contribution in [-0.2, 0) is 13.6 Å². The van der Waals surface area contributed by atoms with Crippen LogP contribution in [0.15, 0.2) is 18.2 Å². The second-order valence-corrected chi connectivity index (χ2v) is 4.36. The number of aromatic nitrogens is 2. The zero-order valence-electron chi connectivity index (χ0n) is 9.81. The maximum atomic E-state index is 6.05. The van der Waals surface area contributed by atoms with Gasteiger partial charge in [0.05, 0.1) is 5.69 Å². The van der Waals surface area contributed by atoms with Gasteiger partial charge in [0, 0.05) is 19.2 Å². The molecule has 18 heavy (non-hydrogen) atoms. The summed E-state index contributed by atoms with van der Waals surface area (Å²) >= 11 is 6.05. The highest BCUT2D eigenvalue weighted by molar-refractivity contribution is 6.30. The van der Waals surface area contributed by atoms with E-state index in [1.807, 2.05) is 29.8 Å². The van der Waals surface area contributed by atoms with Crippen LogP contribution < -0.4 is 15.2 Å². The van der Waals surface area contributed by atoms with Crippen LogP contribution in [0.5, 0.6) is 11.5 Å². The third kappa shape index (κ3) is 1.63. The molecule has 0 spiro atoms. The fourth-order valence-electron chi connectivity index (χ4n) is 2.01. The summed E-state index contributed by atoms with van der Waals surface area (Å²) in [6.45, 7) is 0.612. The number of halogens is 1. The van der Waals surface area contributed by atoms with Crippen LogP contribution in [0.2, 0.25) is 5.15 Å². The van der Waals surface area contributed by atoms with Gasteiger partial charge in [-0.2, -0.15) is 0 Å². The normalized spacial score (nSPS) is 13.1. The van der Waals surface area contributed by atoms with Crippen LogP contribution in [0.4, 0.5) is 0 Å². The third-order valence-corrected chi connectivity index (χ3v) is 3.29. The Morgan fingerprint density at radius 1 is 1.39 bits per heavy atom. The first-order chi connectivity index (χ1) is 8.70. The second kappa shape index (κ2) is 4.19. The van der Waals surface area contributed by atoms with Crippen LogP contribution in [0.25, 0.3) is 11.4 Å². The summed E-state index contributed by atoms with van der Waals surface area (Å²) in [7, 11) is 1.89. The maximum Gasteiger partial charge on any atom is 0.231 e. The van der Waals surface area contributed by atoms with Crippen LogP contribution in [0.3, 0.4) is 0 Å². The maximum absolute atomic E-state index is 6.05. The van der Waals surface area contributed by atoms with E-state index in [0.29, 0.717) is 11.7 Å². The minimum atomic E-state index is 0.258. The fraction of sp³-hybridized carbons (Fsp3) is 0.250. The molecular formula is C12H12ClN3O2. The van der Waals surface area contributed by atoms with E-state index in [1.54, 1.807) is 0 Å². The molecule has 0 unspecified atom stereocenters. The van der Waals surface area contributed by atoms with Gasteiger partial charge in [-0.1, -0.05) is 11.6 Å². The molecular weight excluding hydrogens is 254 g/mol. The van der Waals surface area contributed by atoms with Gasteiger partial charge in [-0.15, -0.1) is 0 Å². The Balaban J connectivity index is 2.10. The van der Waals surface area contributed by atoms with Gasteiger partial charge >= 0.3 is 0 Å². The van der Waals surface area contributed by atoms with Crippen molar-refractivity contribution in [1.29, 1.82) is 0 Å². The molecule has 2 aromatic rings. The van der Waals surface area contributed by atoms with E-state index in [1.165, 1.54) is 0 Å². The number of hydrogen-bond donors (Lipinski definition) is 1. The smallest absolute Gasteiger partial charge is 0.231 e. The predicted molar refractivity (Wildman–Crippen MR) is 67.7 cm³/mol. The molecule has 3 rings (SSSR count). The lowest BCUT2D eigenvalue weighted by molar-refractivity contribution is 0.174. The molecule has 6 heteroatoms. The molecule has 1 aliphatic rings. The first-order valence-electron chi connectivity index (χ1n) is 5.52. The van der Waals surface area contributed by atoms with Gasteiger partial charge in [0.1, 0.15) is 5.82 Å². The monoisotopic (exact) mass is 265 g/mol. The van der Waals surface area contributed by atoms with E-state index >= 15 is 0 Å². The predicted octanol–water partition coefficient (Wildman–Crippen LogP) is 1.93. The highest BCUT2D eigenvalue weighted by atomic mass is 35.5. The summed E-state index contributed by atoms with van der Waals surface area (Å²) in [6.07, 6.45) is 0. The van der Waals surface area contributed by atoms with Gasteiger partial charge in [0.15, 0.2) is 16.7 Å². The molecule has 1 aromatic carbocycles. The topological polar surface area (TPSA) is 62.3 Å². The van der Waals surface area contributed by atoms with Crippen LogP contribution in [0.1, 0.15) is 5.69 Å². The average Bonchev–Trinajstić information content (AvgIpc) is 2.93. The van der Waals surface area contributed by atoms with Gasteiger partial charge in [0.2, 0.25) is 6.79 Å². The molecule has 0 bridgehead atoms. The van der Waals surface area contributed by atoms with Crippen molar-refractivity contribution in [2.75, 3.05) is 6.79 Å². The molecule has 0 aliphatic carbocycles. The standard InChI is InChI=1S/C12H12ClN3O2/c1-16-8(5-14)11(13)15-12(16)7-2-3-9-10(4-7)18-6-17-9/h2-4H,5-6,14H2,1H3. The Morgan fingerprint density at radius 3 is 2.89 bits per heavy atom. The van der Waals surface area contributed by atoms with E-state index in [0.717, 1.165) is 28.6 Å². The molecule has 2 heterocycles. The molecule has 0 amide bonds. The molecule has 0 saturated carbocycles. The lowest BCUT2D eigenvalue weighted by Crippen LogP contribution is -2.04. The molecule has 1 aromatic heterocycles. The van der Waals surface area contributed by atoms with E-state index in [4.69, 9.17) is 26.8 Å². The average molecular weight is 266 g/mol. The SMILES string of the molecule is Cn1c(-c2ccc3c(c2)OCO3)nc(Cl)c1CN. The van der Waals surface area contributed by atoms with Crippen molar-refractivity contribution in [1.82, 2.24) is 9.55 Å². The number of rotatable bonds is 2. The van der Waals surface area contributed by atoms with E-state index in [2.05, 4.69) is 4.98 Å². The number of fused-ring (bicyclic) bond motifs is 1. The molecule has 2 N–H and O–H groups in total. The van der Waals surface area contributed by atoms with Gasteiger partial charge in [-0.25, -0.2) is 4.98 Å². The number of imidazole rings is 1. The number of hydrogen-bond acceptors (Lipinski definition) is 4. The highest BCUT2D eigenvalue weighted by Crippen LogP contribution is 2.36. The molecule has 5 nitrogen and oxygen atoms in total. The molecule has 94 valence electrons. The van der Waals surface area contributed by atoms with Crippen LogP contribution >= 0.6 is 11.6 Å². The van der Waals surface area contributed by atoms with Crippen molar-refractivity contribution >= 4 is 11.6 Å². The summed E-state index contributed by atoms with van der Waals surface area (Å²) in [4.78, 5) is 4.33. The Bertz CT molecular complexity index is 610. The van der Waals surface area contributed by atoms with Crippen molar-refractivity contribution < 1.29 is 9.47 Å². The zero-order valence-corrected chi connectivity index (χ0v) is 10.6. The van der Waals surface area contributed by atoms with E-state index in [9.17, 15) is 0 Å². The van der Waals surface area contributed by atoms with Gasteiger partial charge < -0.3 is 19.8 Å². The zero-order chi connectivity index (χ0) is 12.7. The third-order valence-electron chi connectivity index (χ3n) is 2.99. The first kappa shape index (κ1) is 11.4. The van der Waals surface area contributed by atoms with Gasteiger partial charge in [-0.05, 0) is 18.2 Å². The van der Waals surface area contributed by atoms with Crippen molar-refractivity contribution in [2.24, 2.45) is 12.8 Å². The summed E-state index contributed by atoms with van der Waals surface area (Å²) < 4.78 is 12.5. The lowest BCUT2D eigenvalue weighted by Gasteiger charge is -2.05. The number of nitrogens with zero attached hydrogens (tertiary/aromatic N) is 2. The Morgan fingerprint density at radius 2 is 2.17 bits per heavy atom. The van der Waals surface area contributed by atoms with Crippen molar-refractivity contribution in [3.05, 3.63) is 29.0 Å². The van der Waals surface area contributed by atoms with Crippen LogP contribution in [-0.4, -0.2) is 16.3 Å². The minimum Gasteiger partial charge on any atom is -0.454 e.